The largest absolute Gasteiger partial charge is 0.457 e. The molecule has 240 valence electrons. The maximum Gasteiger partial charge on any atom is 0.303 e. The molecule has 12 atom stereocenters. The van der Waals surface area contributed by atoms with Crippen molar-refractivity contribution in [3.05, 3.63) is 11.6 Å². The topological polar surface area (TPSA) is 126 Å². The first-order valence-corrected chi connectivity index (χ1v) is 16.6. The van der Waals surface area contributed by atoms with Crippen LogP contribution in [0, 0.1) is 40.4 Å². The van der Waals surface area contributed by atoms with Crippen LogP contribution in [0.4, 0.5) is 0 Å². The van der Waals surface area contributed by atoms with E-state index in [9.17, 15) is 25.2 Å². The van der Waals surface area contributed by atoms with E-state index in [1.807, 2.05) is 13.8 Å². The maximum atomic E-state index is 11.5. The lowest BCUT2D eigenvalue weighted by Crippen LogP contribution is -2.57. The Labute approximate surface area is 252 Å². The molecule has 0 bridgehead atoms. The molecule has 8 nitrogen and oxygen atoms in total. The van der Waals surface area contributed by atoms with Gasteiger partial charge in [-0.15, -0.1) is 0 Å². The van der Waals surface area contributed by atoms with Gasteiger partial charge in [-0.25, -0.2) is 0 Å². The van der Waals surface area contributed by atoms with Crippen molar-refractivity contribution in [3.63, 3.8) is 0 Å². The fourth-order valence-corrected chi connectivity index (χ4v) is 10.3. The molecule has 4 aliphatic carbocycles. The highest BCUT2D eigenvalue weighted by Crippen LogP contribution is 2.67. The Balaban J connectivity index is 1.25. The monoisotopic (exact) mass is 592 g/mol. The summed E-state index contributed by atoms with van der Waals surface area (Å²) >= 11 is 0. The minimum Gasteiger partial charge on any atom is -0.457 e. The van der Waals surface area contributed by atoms with Gasteiger partial charge in [-0.05, 0) is 107 Å². The molecule has 1 saturated heterocycles. The quantitative estimate of drug-likeness (QED) is 0.228. The molecular formula is C34H56O8. The number of carbonyl (C=O) groups is 1. The number of hydrogen-bond donors (Lipinski definition) is 4. The maximum absolute atomic E-state index is 11.5. The summed E-state index contributed by atoms with van der Waals surface area (Å²) in [7, 11) is 0. The van der Waals surface area contributed by atoms with E-state index in [1.54, 1.807) is 0 Å². The number of aliphatic hydroxyl groups is 4. The molecule has 0 radical (unpaired) electrons. The van der Waals surface area contributed by atoms with Crippen LogP contribution in [0.5, 0.6) is 0 Å². The van der Waals surface area contributed by atoms with Gasteiger partial charge in [0.25, 0.3) is 0 Å². The Bertz CT molecular complexity index is 991. The van der Waals surface area contributed by atoms with Crippen LogP contribution in [-0.4, -0.2) is 75.9 Å². The van der Waals surface area contributed by atoms with E-state index in [4.69, 9.17) is 14.2 Å². The summed E-state index contributed by atoms with van der Waals surface area (Å²) in [5.74, 6) is 2.57. The fraction of sp³-hybridized carbons (Fsp3) is 0.912. The zero-order valence-electron chi connectivity index (χ0n) is 26.5. The smallest absolute Gasteiger partial charge is 0.303 e. The van der Waals surface area contributed by atoms with Gasteiger partial charge in [0.05, 0.1) is 24.9 Å². The number of allylic oxidation sites excluding steroid dienone is 1. The minimum atomic E-state index is -1.27. The van der Waals surface area contributed by atoms with E-state index >= 15 is 0 Å². The Morgan fingerprint density at radius 2 is 1.93 bits per heavy atom. The molecule has 4 N–H and O–H groups in total. The average molecular weight is 593 g/mol. The predicted octanol–water partition coefficient (Wildman–Crippen LogP) is 4.51. The summed E-state index contributed by atoms with van der Waals surface area (Å²) in [4.78, 5) is 11.5. The standard InChI is InChI=1S/C34H56O8/c1-20(7-6-14-32(3,4)39)25-10-11-26-24-9-8-22-17-23(12-16-34(22,19-35)27(24)13-15-33(25,26)5)42-31-29(38)30(41-21(2)36)28(37)18-40-31/h8,20,23-31,35,37-39H,6-7,9-19H2,1-5H3/t20?,23-,24?,25?,26?,27?,28+,29?,30?,31-,33+,34+/m0/s1. The van der Waals surface area contributed by atoms with Crippen LogP contribution in [0.15, 0.2) is 11.6 Å². The van der Waals surface area contributed by atoms with Crippen molar-refractivity contribution < 1.29 is 39.4 Å². The van der Waals surface area contributed by atoms with Gasteiger partial charge in [-0.1, -0.05) is 38.3 Å². The summed E-state index contributed by atoms with van der Waals surface area (Å²) in [5, 5.41) is 42.1. The molecule has 1 heterocycles. The van der Waals surface area contributed by atoms with E-state index in [-0.39, 0.29) is 24.7 Å². The highest BCUT2D eigenvalue weighted by molar-refractivity contribution is 5.66. The molecule has 0 aromatic carbocycles. The molecule has 0 aromatic rings. The highest BCUT2D eigenvalue weighted by Gasteiger charge is 2.60. The summed E-state index contributed by atoms with van der Waals surface area (Å²) < 4.78 is 17.0. The second-order valence-corrected chi connectivity index (χ2v) is 15.4. The Morgan fingerprint density at radius 1 is 1.17 bits per heavy atom. The highest BCUT2D eigenvalue weighted by atomic mass is 16.7. The lowest BCUT2D eigenvalue weighted by molar-refractivity contribution is -0.287. The van der Waals surface area contributed by atoms with Crippen LogP contribution >= 0.6 is 0 Å². The van der Waals surface area contributed by atoms with Gasteiger partial charge in [0.15, 0.2) is 12.4 Å². The van der Waals surface area contributed by atoms with Crippen LogP contribution in [-0.2, 0) is 19.0 Å². The summed E-state index contributed by atoms with van der Waals surface area (Å²) in [6, 6.07) is 0. The lowest BCUT2D eigenvalue weighted by atomic mass is 9.46. The number of fused-ring (bicyclic) bond motifs is 5. The number of ether oxygens (including phenoxy) is 3. The molecule has 3 saturated carbocycles. The summed E-state index contributed by atoms with van der Waals surface area (Å²) in [6.07, 6.45) is 9.22. The van der Waals surface area contributed by atoms with Gasteiger partial charge >= 0.3 is 5.97 Å². The lowest BCUT2D eigenvalue weighted by Gasteiger charge is -2.59. The molecule has 42 heavy (non-hydrogen) atoms. The van der Waals surface area contributed by atoms with Gasteiger partial charge < -0.3 is 34.6 Å². The van der Waals surface area contributed by atoms with E-state index in [2.05, 4.69) is 19.9 Å². The molecule has 0 amide bonds. The van der Waals surface area contributed by atoms with Gasteiger partial charge in [-0.3, -0.25) is 4.79 Å². The molecule has 8 heteroatoms. The first kappa shape index (κ1) is 32.4. The van der Waals surface area contributed by atoms with E-state index < -0.39 is 36.2 Å². The molecule has 7 unspecified atom stereocenters. The Morgan fingerprint density at radius 3 is 2.62 bits per heavy atom. The molecule has 4 fully saturated rings. The summed E-state index contributed by atoms with van der Waals surface area (Å²) in [6.45, 7) is 10.2. The van der Waals surface area contributed by atoms with Crippen molar-refractivity contribution >= 4 is 5.97 Å². The third-order valence-corrected chi connectivity index (χ3v) is 12.3. The van der Waals surface area contributed by atoms with Crippen LogP contribution in [0.2, 0.25) is 0 Å². The Kier molecular flexibility index (Phi) is 9.55. The van der Waals surface area contributed by atoms with Crippen molar-refractivity contribution in [1.29, 1.82) is 0 Å². The van der Waals surface area contributed by atoms with Crippen molar-refractivity contribution in [2.45, 2.75) is 142 Å². The van der Waals surface area contributed by atoms with Crippen molar-refractivity contribution in [2.24, 2.45) is 40.4 Å². The average Bonchev–Trinajstić information content (AvgIpc) is 3.28. The zero-order chi connectivity index (χ0) is 30.4. The third-order valence-electron chi connectivity index (χ3n) is 12.3. The predicted molar refractivity (Wildman–Crippen MR) is 158 cm³/mol. The first-order valence-electron chi connectivity index (χ1n) is 16.6. The van der Waals surface area contributed by atoms with Gasteiger partial charge in [0.2, 0.25) is 0 Å². The van der Waals surface area contributed by atoms with Crippen LogP contribution in [0.1, 0.15) is 105 Å². The van der Waals surface area contributed by atoms with Gasteiger partial charge in [0.1, 0.15) is 12.2 Å². The second kappa shape index (κ2) is 12.4. The van der Waals surface area contributed by atoms with Crippen LogP contribution in [0.25, 0.3) is 0 Å². The number of aliphatic hydroxyl groups excluding tert-OH is 3. The second-order valence-electron chi connectivity index (χ2n) is 15.4. The van der Waals surface area contributed by atoms with Crippen molar-refractivity contribution in [3.8, 4) is 0 Å². The zero-order valence-corrected chi connectivity index (χ0v) is 26.5. The van der Waals surface area contributed by atoms with Crippen LogP contribution < -0.4 is 0 Å². The molecule has 1 aliphatic heterocycles. The van der Waals surface area contributed by atoms with E-state index in [0.29, 0.717) is 35.5 Å². The Hall–Kier alpha value is -1.03. The minimum absolute atomic E-state index is 0.0708. The number of carbonyl (C=O) groups excluding carboxylic acids is 1. The van der Waals surface area contributed by atoms with E-state index in [0.717, 1.165) is 44.4 Å². The normalized spacial score (nSPS) is 44.4. The summed E-state index contributed by atoms with van der Waals surface area (Å²) in [5.41, 5.74) is 0.841. The van der Waals surface area contributed by atoms with Crippen molar-refractivity contribution in [1.82, 2.24) is 0 Å². The molecule has 0 spiro atoms. The first-order chi connectivity index (χ1) is 19.8. The number of hydrogen-bond acceptors (Lipinski definition) is 8. The van der Waals surface area contributed by atoms with Gasteiger partial charge in [-0.2, -0.15) is 0 Å². The molecular weight excluding hydrogens is 536 g/mol. The number of rotatable bonds is 9. The molecule has 5 aliphatic rings. The molecule has 0 aromatic heterocycles. The number of esters is 1. The molecule has 5 rings (SSSR count). The van der Waals surface area contributed by atoms with Crippen molar-refractivity contribution in [2.75, 3.05) is 13.2 Å². The SMILES string of the molecule is CC(=O)OC1C(O)[C@H](O[C@H]2CC[C@@]3(CO)C(=CCC4C3CC[C@]3(C)C(C(C)CCCC(C)(C)O)CCC43)C2)OC[C@H]1O. The van der Waals surface area contributed by atoms with Gasteiger partial charge in [0, 0.05) is 12.3 Å². The third kappa shape index (κ3) is 6.10. The van der Waals surface area contributed by atoms with Crippen LogP contribution in [0.3, 0.4) is 0 Å². The van der Waals surface area contributed by atoms with E-state index in [1.165, 1.54) is 38.2 Å². The fourth-order valence-electron chi connectivity index (χ4n) is 10.3.